The Morgan fingerprint density at radius 1 is 1.50 bits per heavy atom. The number of rotatable bonds is 2. The number of thioether (sulfide) groups is 1. The van der Waals surface area contributed by atoms with Crippen LogP contribution in [0.1, 0.15) is 9.67 Å². The van der Waals surface area contributed by atoms with E-state index in [2.05, 4.69) is 0 Å². The first-order chi connectivity index (χ1) is 6.76. The van der Waals surface area contributed by atoms with Crippen LogP contribution in [0.2, 0.25) is 0 Å². The number of halogens is 1. The second-order valence-corrected chi connectivity index (χ2v) is 4.66. The summed E-state index contributed by atoms with van der Waals surface area (Å²) in [6, 6.07) is 4.61. The third-order valence-electron chi connectivity index (χ3n) is 1.94. The van der Waals surface area contributed by atoms with E-state index in [4.69, 9.17) is 0 Å². The minimum Gasteiger partial charge on any atom is -0.297 e. The molecule has 0 amide bonds. The maximum Gasteiger partial charge on any atom is 0.161 e. The first-order valence-electron chi connectivity index (χ1n) is 3.97. The molecule has 72 valence electrons. The molecule has 0 radical (unpaired) electrons. The highest BCUT2D eigenvalue weighted by atomic mass is 32.2. The molecule has 4 heteroatoms. The first kappa shape index (κ1) is 9.68. The second kappa shape index (κ2) is 3.71. The van der Waals surface area contributed by atoms with Crippen LogP contribution < -0.4 is 0 Å². The number of thiophene rings is 1. The molecule has 1 aromatic carbocycles. The van der Waals surface area contributed by atoms with Crippen LogP contribution in [0.3, 0.4) is 0 Å². The number of benzene rings is 1. The van der Waals surface area contributed by atoms with Gasteiger partial charge in [-0.15, -0.1) is 23.1 Å². The number of aldehydes is 1. The van der Waals surface area contributed by atoms with Gasteiger partial charge in [-0.2, -0.15) is 0 Å². The van der Waals surface area contributed by atoms with E-state index in [1.165, 1.54) is 35.2 Å². The van der Waals surface area contributed by atoms with Crippen LogP contribution >= 0.6 is 23.1 Å². The third kappa shape index (κ3) is 1.44. The van der Waals surface area contributed by atoms with Crippen LogP contribution in [-0.4, -0.2) is 12.5 Å². The largest absolute Gasteiger partial charge is 0.297 e. The van der Waals surface area contributed by atoms with Crippen molar-refractivity contribution in [1.29, 1.82) is 0 Å². The lowest BCUT2D eigenvalue weighted by Crippen LogP contribution is -1.75. The van der Waals surface area contributed by atoms with Gasteiger partial charge in [-0.3, -0.25) is 4.79 Å². The topological polar surface area (TPSA) is 17.1 Å². The molecule has 0 aliphatic rings. The summed E-state index contributed by atoms with van der Waals surface area (Å²) in [6.07, 6.45) is 2.74. The molecule has 0 aliphatic heterocycles. The Bertz CT molecular complexity index is 490. The monoisotopic (exact) mass is 226 g/mol. The van der Waals surface area contributed by atoms with Crippen molar-refractivity contribution in [3.8, 4) is 0 Å². The molecule has 0 spiro atoms. The smallest absolute Gasteiger partial charge is 0.161 e. The Balaban J connectivity index is 2.79. The summed E-state index contributed by atoms with van der Waals surface area (Å²) >= 11 is 2.85. The van der Waals surface area contributed by atoms with Gasteiger partial charge in [0, 0.05) is 15.0 Å². The molecule has 0 saturated heterocycles. The average Bonchev–Trinajstić information content (AvgIpc) is 2.54. The third-order valence-corrected chi connectivity index (χ3v) is 4.00. The van der Waals surface area contributed by atoms with Crippen molar-refractivity contribution >= 4 is 39.5 Å². The highest BCUT2D eigenvalue weighted by molar-refractivity contribution is 7.99. The summed E-state index contributed by atoms with van der Waals surface area (Å²) in [5.74, 6) is -0.260. The average molecular weight is 226 g/mol. The van der Waals surface area contributed by atoms with Gasteiger partial charge >= 0.3 is 0 Å². The predicted molar refractivity (Wildman–Crippen MR) is 59.0 cm³/mol. The van der Waals surface area contributed by atoms with Gasteiger partial charge in [0.05, 0.1) is 4.88 Å². The van der Waals surface area contributed by atoms with Crippen molar-refractivity contribution in [2.24, 2.45) is 0 Å². The van der Waals surface area contributed by atoms with Gasteiger partial charge in [-0.1, -0.05) is 0 Å². The van der Waals surface area contributed by atoms with E-state index in [9.17, 15) is 9.18 Å². The van der Waals surface area contributed by atoms with Gasteiger partial charge < -0.3 is 0 Å². The molecule has 1 heterocycles. The molecule has 1 aromatic heterocycles. The lowest BCUT2D eigenvalue weighted by atomic mass is 10.2. The standard InChI is InChI=1S/C10H7FOS2/c1-13-10-7-3-2-6(11)4-8(7)14-9(10)5-12/h2-5H,1H3. The molecule has 0 N–H and O–H groups in total. The number of carbonyl (C=O) groups excluding carboxylic acids is 1. The van der Waals surface area contributed by atoms with E-state index in [1.807, 2.05) is 6.26 Å². The minimum absolute atomic E-state index is 0.260. The van der Waals surface area contributed by atoms with Gasteiger partial charge in [-0.25, -0.2) is 4.39 Å². The molecular formula is C10H7FOS2. The summed E-state index contributed by atoms with van der Waals surface area (Å²) in [6.45, 7) is 0. The summed E-state index contributed by atoms with van der Waals surface area (Å²) in [5.41, 5.74) is 0. The van der Waals surface area contributed by atoms with Crippen molar-refractivity contribution < 1.29 is 9.18 Å². The molecule has 0 fully saturated rings. The molecule has 2 aromatic rings. The lowest BCUT2D eigenvalue weighted by Gasteiger charge is -1.94. The molecule has 1 nitrogen and oxygen atoms in total. The Hall–Kier alpha value is -0.870. The first-order valence-corrected chi connectivity index (χ1v) is 6.01. The normalized spacial score (nSPS) is 10.7. The summed E-state index contributed by atoms with van der Waals surface area (Å²) in [7, 11) is 0. The molecule has 0 atom stereocenters. The molecular weight excluding hydrogens is 219 g/mol. The van der Waals surface area contributed by atoms with Crippen molar-refractivity contribution in [2.45, 2.75) is 4.90 Å². The van der Waals surface area contributed by atoms with Crippen LogP contribution in [0.15, 0.2) is 23.1 Å². The number of hydrogen-bond acceptors (Lipinski definition) is 3. The van der Waals surface area contributed by atoms with Crippen LogP contribution in [0.4, 0.5) is 4.39 Å². The molecule has 0 unspecified atom stereocenters. The molecule has 0 saturated carbocycles. The van der Waals surface area contributed by atoms with E-state index in [-0.39, 0.29) is 5.82 Å². The Labute approximate surface area is 88.9 Å². The zero-order valence-corrected chi connectivity index (χ0v) is 9.05. The lowest BCUT2D eigenvalue weighted by molar-refractivity contribution is 0.112. The van der Waals surface area contributed by atoms with Gasteiger partial charge in [0.25, 0.3) is 0 Å². The minimum atomic E-state index is -0.260. The zero-order chi connectivity index (χ0) is 10.1. The highest BCUT2D eigenvalue weighted by Gasteiger charge is 2.10. The van der Waals surface area contributed by atoms with E-state index in [1.54, 1.807) is 6.07 Å². The van der Waals surface area contributed by atoms with Gasteiger partial charge in [0.2, 0.25) is 0 Å². The van der Waals surface area contributed by atoms with E-state index >= 15 is 0 Å². The van der Waals surface area contributed by atoms with E-state index in [0.717, 1.165) is 21.3 Å². The Morgan fingerprint density at radius 3 is 2.93 bits per heavy atom. The fourth-order valence-corrected chi connectivity index (χ4v) is 3.38. The van der Waals surface area contributed by atoms with E-state index in [0.29, 0.717) is 4.88 Å². The van der Waals surface area contributed by atoms with Crippen molar-refractivity contribution in [1.82, 2.24) is 0 Å². The number of hydrogen-bond donors (Lipinski definition) is 0. The quantitative estimate of drug-likeness (QED) is 0.575. The predicted octanol–water partition coefficient (Wildman–Crippen LogP) is 3.57. The fraction of sp³-hybridized carbons (Fsp3) is 0.100. The second-order valence-electron chi connectivity index (χ2n) is 2.76. The van der Waals surface area contributed by atoms with Crippen molar-refractivity contribution in [3.05, 3.63) is 28.9 Å². The number of fused-ring (bicyclic) bond motifs is 1. The molecule has 2 rings (SSSR count). The van der Waals surface area contributed by atoms with E-state index < -0.39 is 0 Å². The summed E-state index contributed by atoms with van der Waals surface area (Å²) in [4.78, 5) is 12.4. The summed E-state index contributed by atoms with van der Waals surface area (Å²) in [5, 5.41) is 0.964. The maximum absolute atomic E-state index is 12.9. The molecule has 0 aliphatic carbocycles. The Kier molecular flexibility index (Phi) is 2.56. The van der Waals surface area contributed by atoms with Gasteiger partial charge in [0.15, 0.2) is 6.29 Å². The van der Waals surface area contributed by atoms with Crippen LogP contribution in [0, 0.1) is 5.82 Å². The van der Waals surface area contributed by atoms with Crippen molar-refractivity contribution in [3.63, 3.8) is 0 Å². The maximum atomic E-state index is 12.9. The zero-order valence-electron chi connectivity index (χ0n) is 7.41. The van der Waals surface area contributed by atoms with Crippen LogP contribution in [0.5, 0.6) is 0 Å². The fourth-order valence-electron chi connectivity index (χ4n) is 1.35. The van der Waals surface area contributed by atoms with Crippen molar-refractivity contribution in [2.75, 3.05) is 6.26 Å². The number of carbonyl (C=O) groups is 1. The molecule has 14 heavy (non-hydrogen) atoms. The van der Waals surface area contributed by atoms with Crippen LogP contribution in [-0.2, 0) is 0 Å². The van der Waals surface area contributed by atoms with Gasteiger partial charge in [-0.05, 0) is 24.5 Å². The Morgan fingerprint density at radius 2 is 2.29 bits per heavy atom. The highest BCUT2D eigenvalue weighted by Crippen LogP contribution is 2.36. The molecule has 0 bridgehead atoms. The van der Waals surface area contributed by atoms with Gasteiger partial charge in [0.1, 0.15) is 5.82 Å². The SMILES string of the molecule is CSc1c(C=O)sc2cc(F)ccc12. The van der Waals surface area contributed by atoms with Crippen LogP contribution in [0.25, 0.3) is 10.1 Å². The summed E-state index contributed by atoms with van der Waals surface area (Å²) < 4.78 is 13.7.